The van der Waals surface area contributed by atoms with Gasteiger partial charge in [0.2, 0.25) is 0 Å². The number of carboxylic acid groups (broad SMARTS) is 1. The zero-order valence-electron chi connectivity index (χ0n) is 11.3. The van der Waals surface area contributed by atoms with Crippen molar-refractivity contribution < 1.29 is 14.7 Å². The summed E-state index contributed by atoms with van der Waals surface area (Å²) >= 11 is 17.6. The number of carbonyl (C=O) groups excluding carboxylic acids is 1. The summed E-state index contributed by atoms with van der Waals surface area (Å²) in [6, 6.07) is 9.33. The van der Waals surface area contributed by atoms with Crippen LogP contribution in [0.15, 0.2) is 36.4 Å². The van der Waals surface area contributed by atoms with Gasteiger partial charge in [0, 0.05) is 17.9 Å². The van der Waals surface area contributed by atoms with Crippen molar-refractivity contribution in [1.29, 1.82) is 0 Å². The molecule has 22 heavy (non-hydrogen) atoms. The quantitative estimate of drug-likeness (QED) is 0.844. The van der Waals surface area contributed by atoms with Crippen LogP contribution in [0, 0.1) is 0 Å². The van der Waals surface area contributed by atoms with E-state index in [1.165, 1.54) is 18.2 Å². The number of carbonyl (C=O) groups is 2. The molecule has 0 unspecified atom stereocenters. The Morgan fingerprint density at radius 1 is 0.909 bits per heavy atom. The molecular formula is C16H11Cl3O3. The van der Waals surface area contributed by atoms with Crippen molar-refractivity contribution in [2.45, 2.75) is 12.8 Å². The van der Waals surface area contributed by atoms with Gasteiger partial charge in [-0.1, -0.05) is 40.9 Å². The van der Waals surface area contributed by atoms with Gasteiger partial charge in [-0.25, -0.2) is 4.79 Å². The van der Waals surface area contributed by atoms with E-state index >= 15 is 0 Å². The van der Waals surface area contributed by atoms with Crippen molar-refractivity contribution >= 4 is 46.6 Å². The Hall–Kier alpha value is -1.55. The summed E-state index contributed by atoms with van der Waals surface area (Å²) < 4.78 is 0. The number of ketones is 1. The highest BCUT2D eigenvalue weighted by atomic mass is 35.5. The normalized spacial score (nSPS) is 10.5. The number of rotatable bonds is 5. The predicted octanol–water partition coefficient (Wildman–Crippen LogP) is 4.70. The van der Waals surface area contributed by atoms with Crippen molar-refractivity contribution in [2.75, 3.05) is 0 Å². The van der Waals surface area contributed by atoms with Gasteiger partial charge in [-0.05, 0) is 41.5 Å². The standard InChI is InChI=1S/C16H11Cl3O3/c17-11-2-3-13(16(21)22)10(7-11)8-12(20)5-9-1-4-14(18)15(19)6-9/h1-4,6-7H,5,8H2,(H,21,22). The highest BCUT2D eigenvalue weighted by molar-refractivity contribution is 6.42. The molecule has 2 rings (SSSR count). The van der Waals surface area contributed by atoms with E-state index in [-0.39, 0.29) is 24.2 Å². The Morgan fingerprint density at radius 2 is 1.64 bits per heavy atom. The first-order chi connectivity index (χ1) is 10.4. The van der Waals surface area contributed by atoms with Crippen LogP contribution in [0.3, 0.4) is 0 Å². The van der Waals surface area contributed by atoms with Gasteiger partial charge in [0.05, 0.1) is 15.6 Å². The summed E-state index contributed by atoms with van der Waals surface area (Å²) in [7, 11) is 0. The van der Waals surface area contributed by atoms with Crippen LogP contribution in [-0.4, -0.2) is 16.9 Å². The van der Waals surface area contributed by atoms with Crippen LogP contribution in [0.2, 0.25) is 15.1 Å². The van der Waals surface area contributed by atoms with Crippen LogP contribution in [0.5, 0.6) is 0 Å². The molecule has 6 heteroatoms. The Morgan fingerprint density at radius 3 is 2.27 bits per heavy atom. The predicted molar refractivity (Wildman–Crippen MR) is 87.3 cm³/mol. The van der Waals surface area contributed by atoms with E-state index in [1.807, 2.05) is 0 Å². The zero-order valence-corrected chi connectivity index (χ0v) is 13.5. The fourth-order valence-corrected chi connectivity index (χ4v) is 2.58. The maximum Gasteiger partial charge on any atom is 0.335 e. The molecule has 0 amide bonds. The molecule has 0 radical (unpaired) electrons. The summed E-state index contributed by atoms with van der Waals surface area (Å²) in [4.78, 5) is 23.3. The number of hydrogen-bond acceptors (Lipinski definition) is 2. The molecule has 0 atom stereocenters. The second-order valence-electron chi connectivity index (χ2n) is 4.75. The third kappa shape index (κ3) is 4.23. The van der Waals surface area contributed by atoms with Crippen molar-refractivity contribution in [1.82, 2.24) is 0 Å². The fourth-order valence-electron chi connectivity index (χ4n) is 2.07. The van der Waals surface area contributed by atoms with E-state index < -0.39 is 5.97 Å². The van der Waals surface area contributed by atoms with Crippen molar-refractivity contribution in [3.05, 3.63) is 68.2 Å². The number of Topliss-reactive ketones (excluding diaryl/α,β-unsaturated/α-hetero) is 1. The Balaban J connectivity index is 2.16. The summed E-state index contributed by atoms with van der Waals surface area (Å²) in [6.07, 6.45) is 0.130. The highest BCUT2D eigenvalue weighted by Crippen LogP contribution is 2.23. The van der Waals surface area contributed by atoms with Gasteiger partial charge in [-0.15, -0.1) is 0 Å². The molecular weight excluding hydrogens is 347 g/mol. The van der Waals surface area contributed by atoms with Crippen molar-refractivity contribution in [3.8, 4) is 0 Å². The maximum atomic E-state index is 12.2. The largest absolute Gasteiger partial charge is 0.478 e. The van der Waals surface area contributed by atoms with Crippen LogP contribution in [0.25, 0.3) is 0 Å². The number of aromatic carboxylic acids is 1. The van der Waals surface area contributed by atoms with E-state index in [0.29, 0.717) is 20.6 Å². The summed E-state index contributed by atoms with van der Waals surface area (Å²) in [5.41, 5.74) is 1.19. The summed E-state index contributed by atoms with van der Waals surface area (Å²) in [6.45, 7) is 0. The van der Waals surface area contributed by atoms with E-state index in [0.717, 1.165) is 5.56 Å². The van der Waals surface area contributed by atoms with Gasteiger partial charge < -0.3 is 5.11 Å². The van der Waals surface area contributed by atoms with Gasteiger partial charge in [0.15, 0.2) is 0 Å². The van der Waals surface area contributed by atoms with E-state index in [9.17, 15) is 9.59 Å². The molecule has 1 N–H and O–H groups in total. The lowest BCUT2D eigenvalue weighted by molar-refractivity contribution is -0.117. The Kier molecular flexibility index (Phi) is 5.46. The van der Waals surface area contributed by atoms with Gasteiger partial charge >= 0.3 is 5.97 Å². The third-order valence-electron chi connectivity index (χ3n) is 3.07. The lowest BCUT2D eigenvalue weighted by Gasteiger charge is -2.07. The SMILES string of the molecule is O=C(Cc1ccc(Cl)c(Cl)c1)Cc1cc(Cl)ccc1C(=O)O. The molecule has 0 saturated carbocycles. The van der Waals surface area contributed by atoms with Crippen LogP contribution < -0.4 is 0 Å². The molecule has 0 spiro atoms. The number of hydrogen-bond donors (Lipinski definition) is 1. The molecule has 2 aromatic carbocycles. The topological polar surface area (TPSA) is 54.4 Å². The molecule has 114 valence electrons. The molecule has 0 saturated heterocycles. The molecule has 0 aliphatic heterocycles. The fraction of sp³-hybridized carbons (Fsp3) is 0.125. The van der Waals surface area contributed by atoms with E-state index in [1.54, 1.807) is 18.2 Å². The summed E-state index contributed by atoms with van der Waals surface area (Å²) in [5, 5.41) is 10.3. The van der Waals surface area contributed by atoms with Gasteiger partial charge in [-0.3, -0.25) is 4.79 Å². The average molecular weight is 358 g/mol. The van der Waals surface area contributed by atoms with E-state index in [4.69, 9.17) is 39.9 Å². The van der Waals surface area contributed by atoms with Crippen LogP contribution in [-0.2, 0) is 17.6 Å². The molecule has 0 aliphatic rings. The number of halogens is 3. The Labute approximate surface area is 142 Å². The smallest absolute Gasteiger partial charge is 0.335 e. The van der Waals surface area contributed by atoms with Gasteiger partial charge in [0.25, 0.3) is 0 Å². The van der Waals surface area contributed by atoms with Gasteiger partial charge in [0.1, 0.15) is 5.78 Å². The summed E-state index contributed by atoms with van der Waals surface area (Å²) in [5.74, 6) is -1.22. The van der Waals surface area contributed by atoms with Crippen LogP contribution in [0.4, 0.5) is 0 Å². The zero-order chi connectivity index (χ0) is 16.3. The number of benzene rings is 2. The molecule has 0 heterocycles. The lowest BCUT2D eigenvalue weighted by Crippen LogP contribution is -2.11. The molecule has 0 bridgehead atoms. The molecule has 3 nitrogen and oxygen atoms in total. The first-order valence-corrected chi connectivity index (χ1v) is 7.47. The second-order valence-corrected chi connectivity index (χ2v) is 6.00. The van der Waals surface area contributed by atoms with Crippen molar-refractivity contribution in [2.24, 2.45) is 0 Å². The maximum absolute atomic E-state index is 12.2. The Bertz CT molecular complexity index is 741. The van der Waals surface area contributed by atoms with Crippen LogP contribution >= 0.6 is 34.8 Å². The first-order valence-electron chi connectivity index (χ1n) is 6.34. The average Bonchev–Trinajstić information content (AvgIpc) is 2.42. The first kappa shape index (κ1) is 16.8. The monoisotopic (exact) mass is 356 g/mol. The molecule has 2 aromatic rings. The second kappa shape index (κ2) is 7.14. The number of carboxylic acids is 1. The molecule has 0 aliphatic carbocycles. The molecule has 0 fully saturated rings. The van der Waals surface area contributed by atoms with Crippen molar-refractivity contribution in [3.63, 3.8) is 0 Å². The highest BCUT2D eigenvalue weighted by Gasteiger charge is 2.14. The lowest BCUT2D eigenvalue weighted by atomic mass is 9.99. The minimum Gasteiger partial charge on any atom is -0.478 e. The minimum atomic E-state index is -1.09. The molecule has 0 aromatic heterocycles. The minimum absolute atomic E-state index is 0.0115. The van der Waals surface area contributed by atoms with Gasteiger partial charge in [-0.2, -0.15) is 0 Å². The van der Waals surface area contributed by atoms with Crippen LogP contribution in [0.1, 0.15) is 21.5 Å². The van der Waals surface area contributed by atoms with E-state index in [2.05, 4.69) is 0 Å². The third-order valence-corrected chi connectivity index (χ3v) is 4.04.